The van der Waals surface area contributed by atoms with Gasteiger partial charge in [-0.05, 0) is 39.9 Å². The number of nitrogens with one attached hydrogen (secondary N) is 2. The molecule has 68 heavy (non-hydrogen) atoms. The van der Waals surface area contributed by atoms with Crippen molar-refractivity contribution in [3.05, 3.63) is 232 Å². The first-order valence-electron chi connectivity index (χ1n) is 21.6. The molecule has 2 atom stereocenters. The number of fused-ring (bicyclic) bond motifs is 1. The van der Waals surface area contributed by atoms with E-state index in [1.54, 1.807) is 24.0 Å². The van der Waals surface area contributed by atoms with Gasteiger partial charge in [-0.2, -0.15) is 0 Å². The number of esters is 1. The van der Waals surface area contributed by atoms with Gasteiger partial charge in [0.15, 0.2) is 16.9 Å². The zero-order chi connectivity index (χ0) is 46.5. The maximum atomic E-state index is 14.8. The molecule has 15 heteroatoms. The summed E-state index contributed by atoms with van der Waals surface area (Å²) in [6, 6.07) is 52.0. The Morgan fingerprint density at radius 3 is 1.93 bits per heavy atom. The van der Waals surface area contributed by atoms with Crippen LogP contribution in [0.2, 0.25) is 0 Å². The highest BCUT2D eigenvalue weighted by atomic mass is 32.2. The number of β-lactam (4-membered cyclic amide) rings is 1. The Balaban J connectivity index is 0.946. The highest BCUT2D eigenvalue weighted by Crippen LogP contribution is 2.46. The number of nitrogens with zero attached hydrogens (tertiary/aromatic N) is 5. The largest absolute Gasteiger partial charge is 0.448 e. The van der Waals surface area contributed by atoms with Crippen molar-refractivity contribution in [3.63, 3.8) is 0 Å². The lowest BCUT2D eigenvalue weighted by atomic mass is 9.77. The van der Waals surface area contributed by atoms with E-state index in [2.05, 4.69) is 62.2 Å². The standard InChI is InChI=1S/C53H41N7O5S3/c1-64-59-43(41-33-67-52(56-41)58-53(37-23-11-4-12-24-37,38-25-13-5-14-26-38)39-27-15-6-16-28-39)47(61)57-44-49(62)60-45(51(63)65-46(34-18-7-2-8-19-34)35-20-9-3-10-21-35)40(32-66-50(44)60)42-31-55-48(68-42)36-22-17-29-54-30-36/h2-31,33,44,46,50H,32H2,1H3,(H,56,58)(H,57,61). The number of aromatic nitrogens is 3. The second kappa shape index (κ2) is 19.6. The molecule has 5 aromatic carbocycles. The summed E-state index contributed by atoms with van der Waals surface area (Å²) in [6.45, 7) is 0. The van der Waals surface area contributed by atoms with Gasteiger partial charge in [0.2, 0.25) is 0 Å². The number of amides is 2. The number of thioether (sulfide) groups is 1. The van der Waals surface area contributed by atoms with Gasteiger partial charge in [0.25, 0.3) is 11.8 Å². The number of carbonyl (C=O) groups is 3. The van der Waals surface area contributed by atoms with Crippen molar-refractivity contribution in [1.29, 1.82) is 0 Å². The van der Waals surface area contributed by atoms with Crippen LogP contribution < -0.4 is 10.6 Å². The maximum absolute atomic E-state index is 14.8. The third kappa shape index (κ3) is 8.58. The zero-order valence-corrected chi connectivity index (χ0v) is 38.8. The Morgan fingerprint density at radius 2 is 1.37 bits per heavy atom. The Kier molecular flexibility index (Phi) is 12.7. The van der Waals surface area contributed by atoms with Gasteiger partial charge in [-0.25, -0.2) is 14.8 Å². The fraction of sp³-hybridized carbons (Fsp3) is 0.113. The van der Waals surface area contributed by atoms with Gasteiger partial charge >= 0.3 is 5.97 Å². The molecule has 2 aliphatic rings. The number of pyridine rings is 1. The summed E-state index contributed by atoms with van der Waals surface area (Å²) >= 11 is 4.13. The molecular weight excluding hydrogens is 911 g/mol. The highest BCUT2D eigenvalue weighted by Gasteiger charge is 2.55. The molecule has 12 nitrogen and oxygen atoms in total. The Bertz CT molecular complexity index is 2980. The first-order chi connectivity index (χ1) is 33.4. The van der Waals surface area contributed by atoms with Gasteiger partial charge in [0.05, 0.1) is 4.88 Å². The van der Waals surface area contributed by atoms with Crippen LogP contribution in [0.4, 0.5) is 5.13 Å². The number of anilines is 1. The number of ether oxygens (including phenoxy) is 1. The topological polar surface area (TPSA) is 148 Å². The van der Waals surface area contributed by atoms with Gasteiger partial charge in [-0.15, -0.1) is 34.4 Å². The average molecular weight is 952 g/mol. The number of carbonyl (C=O) groups excluding carboxylic acids is 3. The van der Waals surface area contributed by atoms with Crippen molar-refractivity contribution in [1.82, 2.24) is 25.2 Å². The smallest absolute Gasteiger partial charge is 0.356 e. The van der Waals surface area contributed by atoms with E-state index in [-0.39, 0.29) is 17.1 Å². The molecule has 0 aliphatic carbocycles. The molecule has 10 rings (SSSR count). The van der Waals surface area contributed by atoms with Crippen LogP contribution in [0, 0.1) is 0 Å². The van der Waals surface area contributed by atoms with Crippen LogP contribution >= 0.6 is 34.4 Å². The summed E-state index contributed by atoms with van der Waals surface area (Å²) in [7, 11) is 1.35. The predicted molar refractivity (Wildman–Crippen MR) is 267 cm³/mol. The number of benzene rings is 5. The van der Waals surface area contributed by atoms with E-state index >= 15 is 0 Å². The third-order valence-corrected chi connectivity index (χ3v) is 14.8. The molecule has 2 unspecified atom stereocenters. The van der Waals surface area contributed by atoms with Gasteiger partial charge < -0.3 is 20.2 Å². The molecule has 2 N–H and O–H groups in total. The molecule has 0 bridgehead atoms. The van der Waals surface area contributed by atoms with Gasteiger partial charge in [-0.1, -0.05) is 157 Å². The van der Waals surface area contributed by atoms with E-state index in [0.717, 1.165) is 33.4 Å². The van der Waals surface area contributed by atoms with E-state index in [1.807, 2.05) is 127 Å². The third-order valence-electron chi connectivity index (χ3n) is 11.6. The monoisotopic (exact) mass is 951 g/mol. The number of hydrogen-bond acceptors (Lipinski definition) is 13. The summed E-state index contributed by atoms with van der Waals surface area (Å²) in [5.74, 6) is -1.51. The normalized spacial score (nSPS) is 15.9. The van der Waals surface area contributed by atoms with Crippen LogP contribution in [-0.4, -0.2) is 67.6 Å². The first kappa shape index (κ1) is 44.1. The number of oxime groups is 1. The maximum Gasteiger partial charge on any atom is 0.356 e. The number of thiazole rings is 2. The molecule has 1 fully saturated rings. The lowest BCUT2D eigenvalue weighted by Crippen LogP contribution is -2.71. The second-order valence-electron chi connectivity index (χ2n) is 15.7. The van der Waals surface area contributed by atoms with Crippen LogP contribution in [0.25, 0.3) is 16.1 Å². The molecule has 0 radical (unpaired) electrons. The zero-order valence-electron chi connectivity index (χ0n) is 36.3. The molecule has 2 aliphatic heterocycles. The van der Waals surface area contributed by atoms with Crippen molar-refractivity contribution in [2.24, 2.45) is 5.16 Å². The summed E-state index contributed by atoms with van der Waals surface area (Å²) in [5.41, 5.74) is 5.26. The minimum Gasteiger partial charge on any atom is -0.448 e. The number of rotatable bonds is 15. The summed E-state index contributed by atoms with van der Waals surface area (Å²) < 4.78 is 6.41. The predicted octanol–water partition coefficient (Wildman–Crippen LogP) is 9.56. The SMILES string of the molecule is CON=C(C(=O)NC1C(=O)N2C(C(=O)OC(c3ccccc3)c3ccccc3)=C(c3cnc(-c4cccnc4)s3)CSC12)c1csc(NC(c2ccccc2)(c2ccccc2)c2ccccc2)n1. The van der Waals surface area contributed by atoms with E-state index < -0.39 is 40.8 Å². The molecule has 5 heterocycles. The average Bonchev–Trinajstić information content (AvgIpc) is 4.10. The Labute approximate surface area is 404 Å². The van der Waals surface area contributed by atoms with Gasteiger partial charge in [0, 0.05) is 40.9 Å². The number of hydrogen-bond donors (Lipinski definition) is 2. The van der Waals surface area contributed by atoms with Crippen LogP contribution in [0.3, 0.4) is 0 Å². The molecule has 8 aromatic rings. The highest BCUT2D eigenvalue weighted by molar-refractivity contribution is 8.00. The van der Waals surface area contributed by atoms with Crippen LogP contribution in [0.15, 0.2) is 199 Å². The first-order valence-corrected chi connectivity index (χ1v) is 24.4. The van der Waals surface area contributed by atoms with Crippen LogP contribution in [0.1, 0.15) is 44.5 Å². The fourth-order valence-electron chi connectivity index (χ4n) is 8.47. The lowest BCUT2D eigenvalue weighted by Gasteiger charge is -2.49. The van der Waals surface area contributed by atoms with E-state index in [1.165, 1.54) is 46.4 Å². The van der Waals surface area contributed by atoms with E-state index in [4.69, 9.17) is 14.6 Å². The molecule has 0 saturated carbocycles. The van der Waals surface area contributed by atoms with Crippen molar-refractivity contribution in [3.8, 4) is 10.6 Å². The minimum atomic E-state index is -1.01. The molecular formula is C53H41N7O5S3. The van der Waals surface area contributed by atoms with Crippen molar-refractivity contribution in [2.45, 2.75) is 23.1 Å². The van der Waals surface area contributed by atoms with Crippen molar-refractivity contribution < 1.29 is 24.0 Å². The molecule has 3 aromatic heterocycles. The quantitative estimate of drug-likeness (QED) is 0.0335. The molecule has 1 saturated heterocycles. The van der Waals surface area contributed by atoms with Gasteiger partial charge in [0.1, 0.15) is 40.5 Å². The second-order valence-corrected chi connectivity index (χ2v) is 18.7. The molecule has 336 valence electrons. The molecule has 0 spiro atoms. The Hall–Kier alpha value is -7.72. The lowest BCUT2D eigenvalue weighted by molar-refractivity contribution is -0.154. The summed E-state index contributed by atoms with van der Waals surface area (Å²) in [6.07, 6.45) is 4.36. The fourth-order valence-corrected chi connectivity index (χ4v) is 11.6. The van der Waals surface area contributed by atoms with Crippen LogP contribution in [-0.2, 0) is 29.5 Å². The molecule has 2 amide bonds. The summed E-state index contributed by atoms with van der Waals surface area (Å²) in [5, 5.41) is 13.1. The van der Waals surface area contributed by atoms with Gasteiger partial charge in [-0.3, -0.25) is 19.5 Å². The van der Waals surface area contributed by atoms with Crippen LogP contribution in [0.5, 0.6) is 0 Å². The Morgan fingerprint density at radius 1 is 0.779 bits per heavy atom. The minimum absolute atomic E-state index is 0.0993. The van der Waals surface area contributed by atoms with E-state index in [0.29, 0.717) is 26.3 Å². The van der Waals surface area contributed by atoms with E-state index in [9.17, 15) is 14.4 Å². The van der Waals surface area contributed by atoms with Crippen molar-refractivity contribution >= 4 is 68.6 Å². The summed E-state index contributed by atoms with van der Waals surface area (Å²) in [4.78, 5) is 64.8. The van der Waals surface area contributed by atoms with Crippen molar-refractivity contribution in [2.75, 3.05) is 18.2 Å².